The van der Waals surface area contributed by atoms with Crippen LogP contribution in [-0.2, 0) is 0 Å². The lowest BCUT2D eigenvalue weighted by Gasteiger charge is -2.11. The van der Waals surface area contributed by atoms with Crippen LogP contribution in [0.2, 0.25) is 0 Å². The Bertz CT molecular complexity index is 3220. The molecule has 11 rings (SSSR count). The van der Waals surface area contributed by atoms with Crippen LogP contribution in [0.25, 0.3) is 100 Å². The van der Waals surface area contributed by atoms with E-state index in [2.05, 4.69) is 161 Å². The second-order valence-electron chi connectivity index (χ2n) is 14.0. The molecule has 0 amide bonds. The van der Waals surface area contributed by atoms with Gasteiger partial charge in [0.15, 0.2) is 17.5 Å². The van der Waals surface area contributed by atoms with Crippen LogP contribution in [0, 0.1) is 0 Å². The molecule has 0 aliphatic heterocycles. The van der Waals surface area contributed by atoms with E-state index >= 15 is 0 Å². The highest BCUT2D eigenvalue weighted by Gasteiger charge is 2.19. The molecule has 0 unspecified atom stereocenters. The highest BCUT2D eigenvalue weighted by molar-refractivity contribution is 6.19. The third-order valence-electron chi connectivity index (χ3n) is 10.6. The number of rotatable bonds is 6. The largest absolute Gasteiger partial charge is 0.309 e. The van der Waals surface area contributed by atoms with Crippen molar-refractivity contribution in [2.24, 2.45) is 0 Å². The molecular weight excluding hydrogens is 685 g/mol. The summed E-state index contributed by atoms with van der Waals surface area (Å²) in [4.78, 5) is 20.1. The van der Waals surface area contributed by atoms with Gasteiger partial charge in [-0.2, -0.15) is 0 Å². The standard InChI is InChI=1S/C50H32N6/c1-4-15-33(16-5-1)35-19-14-20-36(29-35)49-52-48(34-17-6-2-7-18-34)53-50(54-49)37-27-28-47(51-32-37)56-44-26-13-11-24-40(44)42-30-41-39-23-10-12-25-43(39)55(45(41)31-46(42)56)38-21-8-3-9-22-38/h1-32H. The summed E-state index contributed by atoms with van der Waals surface area (Å²) in [5.74, 6) is 2.60. The molecule has 262 valence electrons. The topological polar surface area (TPSA) is 61.4 Å². The van der Waals surface area contributed by atoms with Crippen molar-refractivity contribution in [3.63, 3.8) is 0 Å². The van der Waals surface area contributed by atoms with Gasteiger partial charge in [-0.25, -0.2) is 19.9 Å². The summed E-state index contributed by atoms with van der Waals surface area (Å²) < 4.78 is 4.63. The minimum atomic E-state index is 0.564. The number of benzene rings is 7. The van der Waals surface area contributed by atoms with E-state index in [1.54, 1.807) is 0 Å². The van der Waals surface area contributed by atoms with Gasteiger partial charge in [0.05, 0.1) is 22.1 Å². The Morgan fingerprint density at radius 3 is 1.48 bits per heavy atom. The van der Waals surface area contributed by atoms with E-state index in [9.17, 15) is 0 Å². The van der Waals surface area contributed by atoms with Crippen LogP contribution in [-0.4, -0.2) is 29.1 Å². The molecule has 0 spiro atoms. The number of nitrogens with zero attached hydrogens (tertiary/aromatic N) is 6. The summed E-state index contributed by atoms with van der Waals surface area (Å²) in [5, 5.41) is 4.81. The van der Waals surface area contributed by atoms with E-state index in [-0.39, 0.29) is 0 Å². The maximum absolute atomic E-state index is 5.12. The summed E-state index contributed by atoms with van der Waals surface area (Å²) in [6.07, 6.45) is 1.88. The van der Waals surface area contributed by atoms with Crippen LogP contribution in [0.1, 0.15) is 0 Å². The molecule has 0 saturated heterocycles. The number of fused-ring (bicyclic) bond motifs is 6. The molecule has 6 heteroatoms. The van der Waals surface area contributed by atoms with Crippen LogP contribution in [0.3, 0.4) is 0 Å². The Morgan fingerprint density at radius 1 is 0.304 bits per heavy atom. The Morgan fingerprint density at radius 2 is 0.821 bits per heavy atom. The van der Waals surface area contributed by atoms with E-state index in [0.29, 0.717) is 17.5 Å². The average Bonchev–Trinajstić information content (AvgIpc) is 3.78. The van der Waals surface area contributed by atoms with Gasteiger partial charge in [-0.15, -0.1) is 0 Å². The molecule has 11 aromatic rings. The van der Waals surface area contributed by atoms with Gasteiger partial charge in [0.2, 0.25) is 0 Å². The zero-order valence-electron chi connectivity index (χ0n) is 30.2. The van der Waals surface area contributed by atoms with Gasteiger partial charge in [0.25, 0.3) is 0 Å². The van der Waals surface area contributed by atoms with Gasteiger partial charge < -0.3 is 4.57 Å². The zero-order valence-corrected chi connectivity index (χ0v) is 30.2. The minimum Gasteiger partial charge on any atom is -0.309 e. The zero-order chi connectivity index (χ0) is 37.0. The maximum Gasteiger partial charge on any atom is 0.165 e. The molecular formula is C50H32N6. The van der Waals surface area contributed by atoms with Crippen LogP contribution in [0.5, 0.6) is 0 Å². The van der Waals surface area contributed by atoms with Gasteiger partial charge in [0.1, 0.15) is 5.82 Å². The lowest BCUT2D eigenvalue weighted by atomic mass is 10.0. The van der Waals surface area contributed by atoms with Gasteiger partial charge in [-0.1, -0.05) is 133 Å². The normalized spacial score (nSPS) is 11.6. The molecule has 0 radical (unpaired) electrons. The first-order valence-corrected chi connectivity index (χ1v) is 18.7. The van der Waals surface area contributed by atoms with Gasteiger partial charge >= 0.3 is 0 Å². The predicted molar refractivity (Wildman–Crippen MR) is 228 cm³/mol. The van der Waals surface area contributed by atoms with E-state index in [1.807, 2.05) is 42.6 Å². The first-order chi connectivity index (χ1) is 27.8. The SMILES string of the molecule is c1ccc(-c2cccc(-c3nc(-c4ccccc4)nc(-c4ccc(-n5c6ccccc6c6cc7c8ccccc8n(-c8ccccc8)c7cc65)nc4)n3)c2)cc1. The summed E-state index contributed by atoms with van der Waals surface area (Å²) in [7, 11) is 0. The van der Waals surface area contributed by atoms with Crippen molar-refractivity contribution < 1.29 is 0 Å². The van der Waals surface area contributed by atoms with Crippen molar-refractivity contribution in [1.82, 2.24) is 29.1 Å². The predicted octanol–water partition coefficient (Wildman–Crippen LogP) is 12.1. The van der Waals surface area contributed by atoms with Crippen molar-refractivity contribution in [2.45, 2.75) is 0 Å². The van der Waals surface area contributed by atoms with Crippen molar-refractivity contribution in [3.05, 3.63) is 194 Å². The van der Waals surface area contributed by atoms with Gasteiger partial charge in [0, 0.05) is 50.1 Å². The van der Waals surface area contributed by atoms with Crippen molar-refractivity contribution >= 4 is 43.6 Å². The molecule has 6 nitrogen and oxygen atoms in total. The smallest absolute Gasteiger partial charge is 0.165 e. The lowest BCUT2D eigenvalue weighted by molar-refractivity contribution is 1.05. The molecule has 0 bridgehead atoms. The average molecular weight is 717 g/mol. The molecule has 0 saturated carbocycles. The van der Waals surface area contributed by atoms with Gasteiger partial charge in [-0.3, -0.25) is 4.57 Å². The molecule has 4 heterocycles. The fraction of sp³-hybridized carbons (Fsp3) is 0. The van der Waals surface area contributed by atoms with Crippen LogP contribution >= 0.6 is 0 Å². The van der Waals surface area contributed by atoms with E-state index in [4.69, 9.17) is 19.9 Å². The Labute approximate surface area is 322 Å². The third kappa shape index (κ3) is 5.27. The van der Waals surface area contributed by atoms with Gasteiger partial charge in [-0.05, 0) is 65.7 Å². The summed E-state index contributed by atoms with van der Waals surface area (Å²) in [5.41, 5.74) is 10.5. The Hall–Kier alpha value is -7.70. The number of aromatic nitrogens is 6. The van der Waals surface area contributed by atoms with Crippen molar-refractivity contribution in [3.8, 4) is 56.8 Å². The Kier molecular flexibility index (Phi) is 7.38. The molecule has 4 aromatic heterocycles. The van der Waals surface area contributed by atoms with E-state index in [1.165, 1.54) is 27.1 Å². The fourth-order valence-electron chi connectivity index (χ4n) is 8.00. The second kappa shape index (κ2) is 13.0. The molecule has 7 aromatic carbocycles. The quantitative estimate of drug-likeness (QED) is 0.172. The monoisotopic (exact) mass is 716 g/mol. The van der Waals surface area contributed by atoms with Crippen LogP contribution < -0.4 is 0 Å². The first kappa shape index (κ1) is 31.8. The fourth-order valence-corrected chi connectivity index (χ4v) is 8.00. The highest BCUT2D eigenvalue weighted by atomic mass is 15.1. The summed E-state index contributed by atoms with van der Waals surface area (Å²) >= 11 is 0. The van der Waals surface area contributed by atoms with Crippen LogP contribution in [0.15, 0.2) is 194 Å². The number of hydrogen-bond donors (Lipinski definition) is 0. The van der Waals surface area contributed by atoms with E-state index in [0.717, 1.165) is 55.9 Å². The molecule has 0 atom stereocenters. The Balaban J connectivity index is 1.07. The van der Waals surface area contributed by atoms with E-state index < -0.39 is 0 Å². The molecule has 0 aliphatic rings. The minimum absolute atomic E-state index is 0.564. The number of para-hydroxylation sites is 3. The molecule has 0 N–H and O–H groups in total. The molecule has 0 fully saturated rings. The first-order valence-electron chi connectivity index (χ1n) is 18.7. The second-order valence-corrected chi connectivity index (χ2v) is 14.0. The number of pyridine rings is 1. The summed E-state index contributed by atoms with van der Waals surface area (Å²) in [6.45, 7) is 0. The lowest BCUT2D eigenvalue weighted by Crippen LogP contribution is -2.02. The molecule has 0 aliphatic carbocycles. The summed E-state index contributed by atoms with van der Waals surface area (Å²) in [6, 6.07) is 65.4. The number of hydrogen-bond acceptors (Lipinski definition) is 4. The molecule has 56 heavy (non-hydrogen) atoms. The maximum atomic E-state index is 5.12. The van der Waals surface area contributed by atoms with Crippen molar-refractivity contribution in [2.75, 3.05) is 0 Å². The van der Waals surface area contributed by atoms with Crippen molar-refractivity contribution in [1.29, 1.82) is 0 Å². The highest BCUT2D eigenvalue weighted by Crippen LogP contribution is 2.39. The van der Waals surface area contributed by atoms with Crippen LogP contribution in [0.4, 0.5) is 0 Å². The third-order valence-corrected chi connectivity index (χ3v) is 10.6.